The van der Waals surface area contributed by atoms with Crippen molar-refractivity contribution in [3.63, 3.8) is 0 Å². The van der Waals surface area contributed by atoms with Crippen molar-refractivity contribution < 1.29 is 30.9 Å². The minimum absolute atomic E-state index is 0. The van der Waals surface area contributed by atoms with Crippen LogP contribution in [0.15, 0.2) is 72.9 Å². The zero-order valence-corrected chi connectivity index (χ0v) is 25.8. The predicted molar refractivity (Wildman–Crippen MR) is 158 cm³/mol. The first-order chi connectivity index (χ1) is 18.6. The quantitative estimate of drug-likeness (QED) is 0.186. The second-order valence-corrected chi connectivity index (χ2v) is 11.6. The number of aryl methyl sites for hydroxylation is 1. The Bertz CT molecular complexity index is 1880. The van der Waals surface area contributed by atoms with E-state index in [1.165, 1.54) is 11.1 Å². The van der Waals surface area contributed by atoms with Crippen LogP contribution < -0.4 is 4.74 Å². The number of benzene rings is 3. The maximum absolute atomic E-state index is 10.4. The van der Waals surface area contributed by atoms with Crippen LogP contribution in [0.2, 0.25) is 0 Å². The van der Waals surface area contributed by atoms with Gasteiger partial charge in [-0.25, -0.2) is 9.97 Å². The van der Waals surface area contributed by atoms with Gasteiger partial charge in [0.15, 0.2) is 0 Å². The first kappa shape index (κ1) is 27.9. The van der Waals surface area contributed by atoms with Gasteiger partial charge in [-0.1, -0.05) is 58.3 Å². The summed E-state index contributed by atoms with van der Waals surface area (Å²) in [5, 5.41) is 13.5. The minimum Gasteiger partial charge on any atom is -0.506 e. The summed E-state index contributed by atoms with van der Waals surface area (Å²) in [6.07, 6.45) is 1.87. The summed E-state index contributed by atoms with van der Waals surface area (Å²) in [6.45, 7) is 13.1. The third-order valence-corrected chi connectivity index (χ3v) is 7.42. The summed E-state index contributed by atoms with van der Waals surface area (Å²) >= 11 is 0. The van der Waals surface area contributed by atoms with E-state index in [0.717, 1.165) is 38.6 Å². The second-order valence-electron chi connectivity index (χ2n) is 11.6. The molecule has 0 aliphatic rings. The number of rotatable bonds is 4. The Morgan fingerprint density at radius 1 is 0.900 bits per heavy atom. The molecule has 0 amide bonds. The van der Waals surface area contributed by atoms with E-state index in [1.54, 1.807) is 6.07 Å². The number of aromatic hydroxyl groups is 1. The Morgan fingerprint density at radius 2 is 1.68 bits per heavy atom. The van der Waals surface area contributed by atoms with E-state index in [-0.39, 0.29) is 32.2 Å². The Hall–Kier alpha value is -3.69. The van der Waals surface area contributed by atoms with Gasteiger partial charge < -0.3 is 14.4 Å². The smallest absolute Gasteiger partial charge is 0.217 e. The molecule has 3 heterocycles. The van der Waals surface area contributed by atoms with Crippen molar-refractivity contribution in [3.8, 4) is 23.2 Å². The molecule has 0 fully saturated rings. The first-order valence-corrected chi connectivity index (χ1v) is 13.3. The van der Waals surface area contributed by atoms with Gasteiger partial charge in [0.25, 0.3) is 0 Å². The van der Waals surface area contributed by atoms with Crippen LogP contribution in [0.3, 0.4) is 0 Å². The number of pyridine rings is 2. The van der Waals surface area contributed by atoms with Crippen molar-refractivity contribution in [1.82, 2.24) is 14.5 Å². The van der Waals surface area contributed by atoms with Crippen LogP contribution in [-0.4, -0.2) is 19.6 Å². The van der Waals surface area contributed by atoms with E-state index in [2.05, 4.69) is 86.6 Å². The van der Waals surface area contributed by atoms with Crippen molar-refractivity contribution >= 4 is 32.7 Å². The molecule has 3 aromatic heterocycles. The Labute approximate surface area is 249 Å². The number of hydrogen-bond donors (Lipinski definition) is 1. The van der Waals surface area contributed by atoms with E-state index in [1.807, 2.05) is 37.4 Å². The van der Waals surface area contributed by atoms with Gasteiger partial charge in [-0.05, 0) is 70.7 Å². The molecule has 0 aliphatic carbocycles. The maximum Gasteiger partial charge on any atom is 0.217 e. The fourth-order valence-corrected chi connectivity index (χ4v) is 5.10. The molecule has 0 radical (unpaired) electrons. The van der Waals surface area contributed by atoms with Crippen LogP contribution in [-0.2, 0) is 26.5 Å². The van der Waals surface area contributed by atoms with Gasteiger partial charge in [0.05, 0.1) is 0 Å². The number of phenolic OH excluding ortho intramolecular Hbond substituents is 1. The van der Waals surface area contributed by atoms with Crippen LogP contribution in [0.4, 0.5) is 0 Å². The maximum atomic E-state index is 10.4. The first-order valence-electron chi connectivity index (χ1n) is 13.3. The van der Waals surface area contributed by atoms with Crippen molar-refractivity contribution in [2.45, 2.75) is 52.9 Å². The average Bonchev–Trinajstić information content (AvgIpc) is 3.23. The Kier molecular flexibility index (Phi) is 7.22. The largest absolute Gasteiger partial charge is 0.506 e. The van der Waals surface area contributed by atoms with Crippen molar-refractivity contribution in [2.75, 3.05) is 0 Å². The number of hydrogen-bond acceptors (Lipinski definition) is 4. The summed E-state index contributed by atoms with van der Waals surface area (Å²) < 4.78 is 8.37. The normalized spacial score (nSPS) is 11.9. The van der Waals surface area contributed by atoms with Gasteiger partial charge in [-0.15, -0.1) is 17.5 Å². The molecule has 0 saturated heterocycles. The number of aromatic nitrogens is 3. The summed E-state index contributed by atoms with van der Waals surface area (Å²) in [4.78, 5) is 9.36. The minimum atomic E-state index is 0. The van der Waals surface area contributed by atoms with Crippen LogP contribution >= 0.6 is 0 Å². The van der Waals surface area contributed by atoms with E-state index in [9.17, 15) is 5.11 Å². The molecule has 3 aromatic carbocycles. The molecule has 206 valence electrons. The van der Waals surface area contributed by atoms with Gasteiger partial charge in [-0.2, -0.15) is 6.07 Å². The van der Waals surface area contributed by atoms with Gasteiger partial charge in [0.1, 0.15) is 17.1 Å². The zero-order chi connectivity index (χ0) is 27.5. The molecule has 0 aliphatic heterocycles. The molecule has 0 bridgehead atoms. The number of ether oxygens (including phenoxy) is 1. The van der Waals surface area contributed by atoms with E-state index in [0.29, 0.717) is 23.1 Å². The monoisotopic (exact) mass is 709 g/mol. The molecule has 40 heavy (non-hydrogen) atoms. The van der Waals surface area contributed by atoms with Gasteiger partial charge >= 0.3 is 0 Å². The summed E-state index contributed by atoms with van der Waals surface area (Å²) in [5.41, 5.74) is 6.05. The van der Waals surface area contributed by atoms with Crippen LogP contribution in [0.5, 0.6) is 17.4 Å². The van der Waals surface area contributed by atoms with E-state index in [4.69, 9.17) is 9.72 Å². The molecule has 5 nitrogen and oxygen atoms in total. The molecule has 0 saturated carbocycles. The van der Waals surface area contributed by atoms with Crippen molar-refractivity contribution in [2.24, 2.45) is 0 Å². The zero-order valence-electron chi connectivity index (χ0n) is 23.5. The van der Waals surface area contributed by atoms with Crippen LogP contribution in [0.25, 0.3) is 38.5 Å². The third kappa shape index (κ3) is 4.88. The fraction of sp³-hybridized carbons (Fsp3) is 0.235. The van der Waals surface area contributed by atoms with Gasteiger partial charge in [0, 0.05) is 50.0 Å². The topological polar surface area (TPSA) is 60.2 Å². The second kappa shape index (κ2) is 10.4. The number of nitrogens with zero attached hydrogens (tertiary/aromatic N) is 3. The van der Waals surface area contributed by atoms with E-state index >= 15 is 0 Å². The van der Waals surface area contributed by atoms with Gasteiger partial charge in [-0.3, -0.25) is 0 Å². The summed E-state index contributed by atoms with van der Waals surface area (Å²) in [5.74, 6) is 2.31. The summed E-state index contributed by atoms with van der Waals surface area (Å²) in [7, 11) is 0. The molecule has 6 aromatic rings. The molecule has 0 unspecified atom stereocenters. The average molecular weight is 710 g/mol. The number of phenols is 1. The third-order valence-electron chi connectivity index (χ3n) is 7.42. The molecular weight excluding hydrogens is 677 g/mol. The van der Waals surface area contributed by atoms with E-state index < -0.39 is 0 Å². The molecule has 1 N–H and O–H groups in total. The molecule has 0 atom stereocenters. The molecule has 0 spiro atoms. The van der Waals surface area contributed by atoms with Crippen LogP contribution in [0, 0.1) is 13.0 Å². The molecule has 6 heteroatoms. The SMILES string of the molecule is Cc1ccc(O)c2nc(Oc3[c-]c4c(cc3)c3cc(C(C)(C)C)ccc3n4-c3cc(C(C)C)ccn3)ccc12.[Pt]. The molecule has 6 rings (SSSR count). The molecular formula is C34H32N3O2Pt-. The van der Waals surface area contributed by atoms with Crippen LogP contribution in [0.1, 0.15) is 57.2 Å². The number of fused-ring (bicyclic) bond motifs is 4. The van der Waals surface area contributed by atoms with Crippen molar-refractivity contribution in [1.29, 1.82) is 0 Å². The summed E-state index contributed by atoms with van der Waals surface area (Å²) in [6, 6.07) is 25.7. The predicted octanol–water partition coefficient (Wildman–Crippen LogP) is 8.75. The Morgan fingerprint density at radius 3 is 2.42 bits per heavy atom. The van der Waals surface area contributed by atoms with Crippen molar-refractivity contribution in [3.05, 3.63) is 95.7 Å². The Balaban J connectivity index is 0.00000323. The van der Waals surface area contributed by atoms with Gasteiger partial charge in [0.2, 0.25) is 5.88 Å². The standard InChI is InChI=1S/C34H32N3O2.Pt/c1-20(2)22-15-16-35-31(17-22)37-28-12-8-23(34(4,5)6)18-27(28)26-10-9-24(19-29(26)37)39-32-14-11-25-21(3)7-13-30(38)33(25)36-32;/h7-18,20,38H,1-6H3;/q-1;. The fourth-order valence-electron chi connectivity index (χ4n) is 5.10.